The summed E-state index contributed by atoms with van der Waals surface area (Å²) in [6, 6.07) is 13.5. The van der Waals surface area contributed by atoms with Gasteiger partial charge >= 0.3 is 0 Å². The number of aromatic nitrogens is 1. The second-order valence-corrected chi connectivity index (χ2v) is 8.97. The van der Waals surface area contributed by atoms with Gasteiger partial charge in [-0.25, -0.2) is 4.98 Å². The molecule has 1 saturated carbocycles. The third kappa shape index (κ3) is 5.20. The highest BCUT2D eigenvalue weighted by molar-refractivity contribution is 7.13. The maximum atomic E-state index is 13.5. The summed E-state index contributed by atoms with van der Waals surface area (Å²) in [5.41, 5.74) is 4.25. The van der Waals surface area contributed by atoms with Crippen LogP contribution >= 0.6 is 22.9 Å². The van der Waals surface area contributed by atoms with Gasteiger partial charge in [0.05, 0.1) is 24.6 Å². The van der Waals surface area contributed by atoms with Crippen LogP contribution in [0.25, 0.3) is 10.4 Å². The molecule has 2 aromatic carbocycles. The van der Waals surface area contributed by atoms with Crippen LogP contribution in [0.3, 0.4) is 0 Å². The SMILES string of the molecule is COc1ccc(CCN(CC2CC2)C(=O)c2ncsc2-c2cccc(Cl)c2)cc1OC. The van der Waals surface area contributed by atoms with Crippen molar-refractivity contribution in [3.05, 3.63) is 64.3 Å². The topological polar surface area (TPSA) is 51.7 Å². The lowest BCUT2D eigenvalue weighted by Crippen LogP contribution is -2.35. The fraction of sp³-hybridized carbons (Fsp3) is 0.333. The Morgan fingerprint density at radius 2 is 1.97 bits per heavy atom. The number of hydrogen-bond donors (Lipinski definition) is 0. The van der Waals surface area contributed by atoms with E-state index >= 15 is 0 Å². The van der Waals surface area contributed by atoms with Crippen molar-refractivity contribution in [3.8, 4) is 21.9 Å². The van der Waals surface area contributed by atoms with Gasteiger partial charge in [0, 0.05) is 18.1 Å². The molecule has 5 nitrogen and oxygen atoms in total. The van der Waals surface area contributed by atoms with Gasteiger partial charge in [-0.1, -0.05) is 29.8 Å². The highest BCUT2D eigenvalue weighted by Gasteiger charge is 2.29. The van der Waals surface area contributed by atoms with Crippen molar-refractivity contribution >= 4 is 28.8 Å². The molecule has 0 saturated heterocycles. The lowest BCUT2D eigenvalue weighted by atomic mass is 10.1. The molecule has 162 valence electrons. The van der Waals surface area contributed by atoms with E-state index in [0.29, 0.717) is 34.7 Å². The second-order valence-electron chi connectivity index (χ2n) is 7.67. The van der Waals surface area contributed by atoms with Crippen LogP contribution in [0.2, 0.25) is 5.02 Å². The number of thiazole rings is 1. The van der Waals surface area contributed by atoms with Crippen molar-refractivity contribution < 1.29 is 14.3 Å². The third-order valence-corrected chi connectivity index (χ3v) is 6.55. The maximum absolute atomic E-state index is 13.5. The Balaban J connectivity index is 1.54. The van der Waals surface area contributed by atoms with Crippen molar-refractivity contribution in [2.24, 2.45) is 5.92 Å². The number of carbonyl (C=O) groups is 1. The van der Waals surface area contributed by atoms with Gasteiger partial charge in [0.1, 0.15) is 5.69 Å². The molecule has 1 fully saturated rings. The molecule has 0 N–H and O–H groups in total. The molecule has 7 heteroatoms. The zero-order valence-corrected chi connectivity index (χ0v) is 19.2. The van der Waals surface area contributed by atoms with E-state index in [4.69, 9.17) is 21.1 Å². The fourth-order valence-electron chi connectivity index (χ4n) is 3.57. The minimum atomic E-state index is -0.0244. The van der Waals surface area contributed by atoms with E-state index in [1.807, 2.05) is 47.4 Å². The van der Waals surface area contributed by atoms with Gasteiger partial charge in [-0.15, -0.1) is 11.3 Å². The minimum absolute atomic E-state index is 0.0244. The van der Waals surface area contributed by atoms with Gasteiger partial charge in [-0.3, -0.25) is 4.79 Å². The predicted octanol–water partition coefficient (Wildman–Crippen LogP) is 5.58. The average molecular weight is 457 g/mol. The number of carbonyl (C=O) groups excluding carboxylic acids is 1. The van der Waals surface area contributed by atoms with E-state index in [0.717, 1.165) is 29.0 Å². The maximum Gasteiger partial charge on any atom is 0.273 e. The highest BCUT2D eigenvalue weighted by Crippen LogP contribution is 2.33. The molecule has 0 aliphatic heterocycles. The van der Waals surface area contributed by atoms with Gasteiger partial charge in [0.25, 0.3) is 5.91 Å². The summed E-state index contributed by atoms with van der Waals surface area (Å²) >= 11 is 7.63. The first-order chi connectivity index (χ1) is 15.1. The van der Waals surface area contributed by atoms with Crippen molar-refractivity contribution in [3.63, 3.8) is 0 Å². The summed E-state index contributed by atoms with van der Waals surface area (Å²) < 4.78 is 10.7. The lowest BCUT2D eigenvalue weighted by Gasteiger charge is -2.23. The Hall–Kier alpha value is -2.57. The van der Waals surface area contributed by atoms with Gasteiger partial charge < -0.3 is 14.4 Å². The summed E-state index contributed by atoms with van der Waals surface area (Å²) in [6.45, 7) is 1.38. The predicted molar refractivity (Wildman–Crippen MR) is 124 cm³/mol. The number of benzene rings is 2. The van der Waals surface area contributed by atoms with Gasteiger partial charge in [0.15, 0.2) is 11.5 Å². The van der Waals surface area contributed by atoms with Crippen molar-refractivity contribution in [2.75, 3.05) is 27.3 Å². The normalized spacial score (nSPS) is 13.1. The Kier molecular flexibility index (Phi) is 6.78. The summed E-state index contributed by atoms with van der Waals surface area (Å²) in [5.74, 6) is 1.96. The molecular formula is C24H25ClN2O3S. The van der Waals surface area contributed by atoms with E-state index in [-0.39, 0.29) is 5.91 Å². The van der Waals surface area contributed by atoms with E-state index in [9.17, 15) is 4.79 Å². The Morgan fingerprint density at radius 1 is 1.16 bits per heavy atom. The Morgan fingerprint density at radius 3 is 2.68 bits per heavy atom. The van der Waals surface area contributed by atoms with E-state index < -0.39 is 0 Å². The smallest absolute Gasteiger partial charge is 0.273 e. The van der Waals surface area contributed by atoms with E-state index in [1.54, 1.807) is 19.7 Å². The van der Waals surface area contributed by atoms with Crippen LogP contribution in [0, 0.1) is 5.92 Å². The number of halogens is 1. The number of hydrogen-bond acceptors (Lipinski definition) is 5. The van der Waals surface area contributed by atoms with E-state index in [1.165, 1.54) is 24.2 Å². The fourth-order valence-corrected chi connectivity index (χ4v) is 4.54. The number of amides is 1. The molecule has 31 heavy (non-hydrogen) atoms. The Bertz CT molecular complexity index is 1060. The minimum Gasteiger partial charge on any atom is -0.493 e. The molecule has 3 aromatic rings. The van der Waals surface area contributed by atoms with Crippen LogP contribution in [0.4, 0.5) is 0 Å². The molecular weight excluding hydrogens is 432 g/mol. The van der Waals surface area contributed by atoms with E-state index in [2.05, 4.69) is 4.98 Å². The Labute approximate surface area is 191 Å². The molecule has 0 atom stereocenters. The number of methoxy groups -OCH3 is 2. The molecule has 1 aliphatic carbocycles. The number of rotatable bonds is 9. The van der Waals surface area contributed by atoms with Gasteiger partial charge in [0.2, 0.25) is 0 Å². The molecule has 0 spiro atoms. The first kappa shape index (κ1) is 21.7. The molecule has 0 unspecified atom stereocenters. The summed E-state index contributed by atoms with van der Waals surface area (Å²) in [7, 11) is 3.25. The first-order valence-corrected chi connectivity index (χ1v) is 11.5. The molecule has 1 amide bonds. The molecule has 1 aromatic heterocycles. The summed E-state index contributed by atoms with van der Waals surface area (Å²) in [5, 5.41) is 0.646. The number of nitrogens with zero attached hydrogens (tertiary/aromatic N) is 2. The average Bonchev–Trinajstić information content (AvgIpc) is 3.47. The molecule has 0 bridgehead atoms. The van der Waals surface area contributed by atoms with Crippen LogP contribution in [0.15, 0.2) is 48.0 Å². The standard InChI is InChI=1S/C24H25ClN2O3S/c1-29-20-9-8-16(12-21(20)30-2)10-11-27(14-17-6-7-17)24(28)22-23(31-15-26-22)18-4-3-5-19(25)13-18/h3-5,8-9,12-13,15,17H,6-7,10-11,14H2,1-2H3. The lowest BCUT2D eigenvalue weighted by molar-refractivity contribution is 0.0745. The highest BCUT2D eigenvalue weighted by atomic mass is 35.5. The van der Waals surface area contributed by atoms with Crippen LogP contribution < -0.4 is 9.47 Å². The van der Waals surface area contributed by atoms with Gasteiger partial charge in [-0.05, 0) is 60.6 Å². The number of ether oxygens (including phenoxy) is 2. The third-order valence-electron chi connectivity index (χ3n) is 5.44. The zero-order chi connectivity index (χ0) is 21.8. The molecule has 1 heterocycles. The summed E-state index contributed by atoms with van der Waals surface area (Å²) in [6.07, 6.45) is 3.09. The second kappa shape index (κ2) is 9.71. The van der Waals surface area contributed by atoms with Crippen molar-refractivity contribution in [1.29, 1.82) is 0 Å². The molecule has 4 rings (SSSR count). The largest absolute Gasteiger partial charge is 0.493 e. The zero-order valence-electron chi connectivity index (χ0n) is 17.6. The van der Waals surface area contributed by atoms with Crippen LogP contribution in [-0.4, -0.2) is 43.1 Å². The molecule has 0 radical (unpaired) electrons. The van der Waals surface area contributed by atoms with Gasteiger partial charge in [-0.2, -0.15) is 0 Å². The van der Waals surface area contributed by atoms with Crippen LogP contribution in [0.1, 0.15) is 28.9 Å². The quantitative estimate of drug-likeness (QED) is 0.422. The van der Waals surface area contributed by atoms with Crippen LogP contribution in [0.5, 0.6) is 11.5 Å². The monoisotopic (exact) mass is 456 g/mol. The van der Waals surface area contributed by atoms with Crippen molar-refractivity contribution in [2.45, 2.75) is 19.3 Å². The first-order valence-electron chi connectivity index (χ1n) is 10.3. The molecule has 1 aliphatic rings. The van der Waals surface area contributed by atoms with Crippen LogP contribution in [-0.2, 0) is 6.42 Å². The van der Waals surface area contributed by atoms with Crippen molar-refractivity contribution in [1.82, 2.24) is 9.88 Å². The summed E-state index contributed by atoms with van der Waals surface area (Å²) in [4.78, 5) is 20.7.